The van der Waals surface area contributed by atoms with Gasteiger partial charge in [-0.1, -0.05) is 17.7 Å². The van der Waals surface area contributed by atoms with Gasteiger partial charge in [-0.05, 0) is 30.3 Å². The zero-order valence-electron chi connectivity index (χ0n) is 9.80. The molecule has 0 atom stereocenters. The summed E-state index contributed by atoms with van der Waals surface area (Å²) in [4.78, 5) is 4.27. The maximum Gasteiger partial charge on any atom is 0.137 e. The lowest BCUT2D eigenvalue weighted by Crippen LogP contribution is -1.94. The fourth-order valence-electron chi connectivity index (χ4n) is 2.05. The van der Waals surface area contributed by atoms with Crippen molar-refractivity contribution in [1.82, 2.24) is 9.38 Å². The molecule has 0 amide bonds. The van der Waals surface area contributed by atoms with E-state index >= 15 is 0 Å². The molecule has 2 heterocycles. The van der Waals surface area contributed by atoms with E-state index in [0.717, 1.165) is 22.7 Å². The van der Waals surface area contributed by atoms with Gasteiger partial charge in [0.15, 0.2) is 0 Å². The molecule has 0 saturated heterocycles. The Morgan fingerprint density at radius 3 is 2.94 bits per heavy atom. The monoisotopic (exact) mass is 258 g/mol. The average molecular weight is 259 g/mol. The second-order valence-corrected chi connectivity index (χ2v) is 4.35. The van der Waals surface area contributed by atoms with Gasteiger partial charge in [0.2, 0.25) is 0 Å². The third-order valence-corrected chi connectivity index (χ3v) is 3.10. The molecule has 3 rings (SSSR count). The standard InChI is InChI=1S/C14H11ClN2O/c1-18-13-6-5-10(15)9-11(13)12-3-2-4-14-16-7-8-17(12)14/h2-9H,1H3. The second kappa shape index (κ2) is 4.35. The lowest BCUT2D eigenvalue weighted by Gasteiger charge is -2.11. The largest absolute Gasteiger partial charge is 0.496 e. The number of halogens is 1. The van der Waals surface area contributed by atoms with E-state index in [4.69, 9.17) is 16.3 Å². The summed E-state index contributed by atoms with van der Waals surface area (Å²) in [6, 6.07) is 11.5. The van der Waals surface area contributed by atoms with Crippen molar-refractivity contribution < 1.29 is 4.74 Å². The first-order valence-corrected chi connectivity index (χ1v) is 5.93. The Bertz CT molecular complexity index is 706. The lowest BCUT2D eigenvalue weighted by atomic mass is 10.1. The zero-order chi connectivity index (χ0) is 12.5. The maximum atomic E-state index is 6.07. The van der Waals surface area contributed by atoms with Crippen LogP contribution in [-0.4, -0.2) is 16.5 Å². The van der Waals surface area contributed by atoms with Gasteiger partial charge in [-0.2, -0.15) is 0 Å². The summed E-state index contributed by atoms with van der Waals surface area (Å²) in [5.74, 6) is 0.792. The third kappa shape index (κ3) is 1.73. The first-order valence-electron chi connectivity index (χ1n) is 5.55. The van der Waals surface area contributed by atoms with Crippen molar-refractivity contribution in [2.24, 2.45) is 0 Å². The fourth-order valence-corrected chi connectivity index (χ4v) is 2.22. The van der Waals surface area contributed by atoms with E-state index in [1.165, 1.54) is 0 Å². The molecule has 0 bridgehead atoms. The molecule has 0 unspecified atom stereocenters. The van der Waals surface area contributed by atoms with Crippen molar-refractivity contribution in [2.75, 3.05) is 7.11 Å². The minimum Gasteiger partial charge on any atom is -0.496 e. The van der Waals surface area contributed by atoms with Crippen molar-refractivity contribution in [2.45, 2.75) is 0 Å². The molecule has 3 nitrogen and oxygen atoms in total. The fraction of sp³-hybridized carbons (Fsp3) is 0.0714. The number of hydrogen-bond donors (Lipinski definition) is 0. The van der Waals surface area contributed by atoms with Crippen molar-refractivity contribution in [3.8, 4) is 17.0 Å². The maximum absolute atomic E-state index is 6.07. The Hall–Kier alpha value is -2.00. The number of aromatic nitrogens is 2. The van der Waals surface area contributed by atoms with Gasteiger partial charge in [0.1, 0.15) is 11.4 Å². The van der Waals surface area contributed by atoms with Gasteiger partial charge in [-0.15, -0.1) is 0 Å². The van der Waals surface area contributed by atoms with Crippen LogP contribution >= 0.6 is 11.6 Å². The van der Waals surface area contributed by atoms with E-state index in [0.29, 0.717) is 5.02 Å². The van der Waals surface area contributed by atoms with Crippen molar-refractivity contribution in [1.29, 1.82) is 0 Å². The van der Waals surface area contributed by atoms with Gasteiger partial charge in [0.25, 0.3) is 0 Å². The summed E-state index contributed by atoms with van der Waals surface area (Å²) in [7, 11) is 1.65. The summed E-state index contributed by atoms with van der Waals surface area (Å²) < 4.78 is 7.40. The first kappa shape index (κ1) is 11.1. The van der Waals surface area contributed by atoms with E-state index < -0.39 is 0 Å². The molecule has 3 aromatic rings. The summed E-state index contributed by atoms with van der Waals surface area (Å²) in [5.41, 5.74) is 2.85. The van der Waals surface area contributed by atoms with Gasteiger partial charge in [-0.3, -0.25) is 4.40 Å². The Morgan fingerprint density at radius 2 is 2.11 bits per heavy atom. The molecule has 0 N–H and O–H groups in total. The summed E-state index contributed by atoms with van der Waals surface area (Å²) in [6.45, 7) is 0. The number of benzene rings is 1. The minimum atomic E-state index is 0.683. The Balaban J connectivity index is 2.31. The van der Waals surface area contributed by atoms with E-state index in [1.54, 1.807) is 13.3 Å². The molecule has 18 heavy (non-hydrogen) atoms. The predicted molar refractivity (Wildman–Crippen MR) is 72.2 cm³/mol. The van der Waals surface area contributed by atoms with Crippen LogP contribution in [0.4, 0.5) is 0 Å². The summed E-state index contributed by atoms with van der Waals surface area (Å²) in [5, 5.41) is 0.683. The number of imidazole rings is 1. The van der Waals surface area contributed by atoms with Crippen molar-refractivity contribution in [3.63, 3.8) is 0 Å². The van der Waals surface area contributed by atoms with Crippen LogP contribution in [0.15, 0.2) is 48.8 Å². The lowest BCUT2D eigenvalue weighted by molar-refractivity contribution is 0.416. The number of methoxy groups -OCH3 is 1. The zero-order valence-corrected chi connectivity index (χ0v) is 10.6. The number of hydrogen-bond acceptors (Lipinski definition) is 2. The molecule has 90 valence electrons. The van der Waals surface area contributed by atoms with Gasteiger partial charge >= 0.3 is 0 Å². The second-order valence-electron chi connectivity index (χ2n) is 3.91. The van der Waals surface area contributed by atoms with Crippen LogP contribution in [0.2, 0.25) is 5.02 Å². The van der Waals surface area contributed by atoms with Gasteiger partial charge in [0, 0.05) is 23.0 Å². The molecule has 2 aromatic heterocycles. The SMILES string of the molecule is COc1ccc(Cl)cc1-c1cccc2nccn12. The molecule has 1 aromatic carbocycles. The highest BCUT2D eigenvalue weighted by Crippen LogP contribution is 2.32. The molecular weight excluding hydrogens is 248 g/mol. The molecule has 0 radical (unpaired) electrons. The minimum absolute atomic E-state index is 0.683. The van der Waals surface area contributed by atoms with Crippen LogP contribution in [0, 0.1) is 0 Å². The highest BCUT2D eigenvalue weighted by molar-refractivity contribution is 6.31. The van der Waals surface area contributed by atoms with Crippen LogP contribution in [0.3, 0.4) is 0 Å². The molecular formula is C14H11ClN2O. The molecule has 0 aliphatic rings. The molecule has 0 saturated carbocycles. The normalized spacial score (nSPS) is 10.8. The van der Waals surface area contributed by atoms with E-state index in [-0.39, 0.29) is 0 Å². The molecule has 0 aliphatic carbocycles. The summed E-state index contributed by atoms with van der Waals surface area (Å²) in [6.07, 6.45) is 3.70. The number of rotatable bonds is 2. The summed E-state index contributed by atoms with van der Waals surface area (Å²) >= 11 is 6.07. The highest BCUT2D eigenvalue weighted by atomic mass is 35.5. The van der Waals surface area contributed by atoms with Crippen LogP contribution in [-0.2, 0) is 0 Å². The van der Waals surface area contributed by atoms with Gasteiger partial charge in [-0.25, -0.2) is 4.98 Å². The van der Waals surface area contributed by atoms with Gasteiger partial charge in [0.05, 0.1) is 12.8 Å². The molecule has 0 fully saturated rings. The first-order chi connectivity index (χ1) is 8.79. The number of pyridine rings is 1. The molecule has 0 aliphatic heterocycles. The van der Waals surface area contributed by atoms with Crippen molar-refractivity contribution >= 4 is 17.2 Å². The Morgan fingerprint density at radius 1 is 1.22 bits per heavy atom. The predicted octanol–water partition coefficient (Wildman–Crippen LogP) is 3.66. The van der Waals surface area contributed by atoms with Crippen LogP contribution < -0.4 is 4.74 Å². The number of fused-ring (bicyclic) bond motifs is 1. The topological polar surface area (TPSA) is 26.5 Å². The average Bonchev–Trinajstić information content (AvgIpc) is 2.86. The highest BCUT2D eigenvalue weighted by Gasteiger charge is 2.09. The number of ether oxygens (including phenoxy) is 1. The molecule has 0 spiro atoms. The van der Waals surface area contributed by atoms with Crippen LogP contribution in [0.1, 0.15) is 0 Å². The van der Waals surface area contributed by atoms with E-state index in [1.807, 2.05) is 47.0 Å². The van der Waals surface area contributed by atoms with Crippen molar-refractivity contribution in [3.05, 3.63) is 53.8 Å². The van der Waals surface area contributed by atoms with E-state index in [2.05, 4.69) is 4.98 Å². The Labute approximate surface area is 110 Å². The quantitative estimate of drug-likeness (QED) is 0.701. The molecule has 4 heteroatoms. The van der Waals surface area contributed by atoms with E-state index in [9.17, 15) is 0 Å². The van der Waals surface area contributed by atoms with Crippen LogP contribution in [0.25, 0.3) is 16.9 Å². The third-order valence-electron chi connectivity index (χ3n) is 2.87. The number of nitrogens with zero attached hydrogens (tertiary/aromatic N) is 2. The van der Waals surface area contributed by atoms with Gasteiger partial charge < -0.3 is 4.74 Å². The smallest absolute Gasteiger partial charge is 0.137 e. The Kier molecular flexibility index (Phi) is 2.68. The van der Waals surface area contributed by atoms with Crippen LogP contribution in [0.5, 0.6) is 5.75 Å².